The maximum Gasteiger partial charge on any atom is 0.243 e. The number of rotatable bonds is 5. The van der Waals surface area contributed by atoms with Crippen molar-refractivity contribution in [3.05, 3.63) is 29.6 Å². The average Bonchev–Trinajstić information content (AvgIpc) is 2.81. The Morgan fingerprint density at radius 2 is 2.26 bits per heavy atom. The van der Waals surface area contributed by atoms with Gasteiger partial charge in [-0.15, -0.1) is 0 Å². The summed E-state index contributed by atoms with van der Waals surface area (Å²) in [6, 6.07) is 3.84. The number of benzene rings is 1. The molecular weight excluding hydrogens is 271 g/mol. The molecule has 0 aliphatic carbocycles. The van der Waals surface area contributed by atoms with Gasteiger partial charge in [0.25, 0.3) is 0 Å². The third-order valence-corrected chi connectivity index (χ3v) is 4.47. The summed E-state index contributed by atoms with van der Waals surface area (Å²) in [7, 11) is -2.09. The molecule has 0 spiro atoms. The van der Waals surface area contributed by atoms with Crippen molar-refractivity contribution >= 4 is 10.0 Å². The first-order valence-corrected chi connectivity index (χ1v) is 7.54. The van der Waals surface area contributed by atoms with Gasteiger partial charge in [0.1, 0.15) is 10.7 Å². The van der Waals surface area contributed by atoms with Crippen LogP contribution in [0.1, 0.15) is 12.0 Å². The lowest BCUT2D eigenvalue weighted by Crippen LogP contribution is -2.35. The molecule has 2 N–H and O–H groups in total. The molecule has 0 amide bonds. The van der Waals surface area contributed by atoms with E-state index in [0.29, 0.717) is 31.7 Å². The van der Waals surface area contributed by atoms with Gasteiger partial charge in [-0.05, 0) is 31.2 Å². The number of hydrogen-bond acceptors (Lipinski definition) is 4. The van der Waals surface area contributed by atoms with Crippen molar-refractivity contribution in [3.8, 4) is 0 Å². The normalized spacial score (nSPS) is 19.8. The van der Waals surface area contributed by atoms with E-state index in [1.165, 1.54) is 12.1 Å². The Hall–Kier alpha value is -1.02. The Morgan fingerprint density at radius 1 is 1.47 bits per heavy atom. The van der Waals surface area contributed by atoms with Crippen molar-refractivity contribution in [2.45, 2.75) is 23.9 Å². The van der Waals surface area contributed by atoms with E-state index in [2.05, 4.69) is 10.0 Å². The molecule has 19 heavy (non-hydrogen) atoms. The highest BCUT2D eigenvalue weighted by molar-refractivity contribution is 7.89. The Morgan fingerprint density at radius 3 is 2.84 bits per heavy atom. The lowest BCUT2D eigenvalue weighted by molar-refractivity contribution is 0.192. The van der Waals surface area contributed by atoms with Crippen LogP contribution in [0.5, 0.6) is 0 Å². The summed E-state index contributed by atoms with van der Waals surface area (Å²) in [4.78, 5) is -0.320. The molecule has 1 aromatic carbocycles. The van der Waals surface area contributed by atoms with Gasteiger partial charge < -0.3 is 10.1 Å². The number of halogens is 1. The Balaban J connectivity index is 2.19. The minimum atomic E-state index is -3.83. The summed E-state index contributed by atoms with van der Waals surface area (Å²) in [5.74, 6) is -0.737. The highest BCUT2D eigenvalue weighted by atomic mass is 32.2. The zero-order valence-electron chi connectivity index (χ0n) is 10.6. The quantitative estimate of drug-likeness (QED) is 0.833. The summed E-state index contributed by atoms with van der Waals surface area (Å²) in [6.07, 6.45) is 0.610. The van der Waals surface area contributed by atoms with Gasteiger partial charge in [0.05, 0.1) is 6.61 Å². The van der Waals surface area contributed by atoms with Crippen molar-refractivity contribution in [1.82, 2.24) is 10.0 Å². The van der Waals surface area contributed by atoms with Crippen molar-refractivity contribution in [1.29, 1.82) is 0 Å². The fourth-order valence-corrected chi connectivity index (χ4v) is 3.30. The van der Waals surface area contributed by atoms with Gasteiger partial charge in [-0.2, -0.15) is 0 Å². The second-order valence-corrected chi connectivity index (χ2v) is 6.16. The van der Waals surface area contributed by atoms with Crippen LogP contribution in [0.25, 0.3) is 0 Å². The Labute approximate surface area is 112 Å². The smallest absolute Gasteiger partial charge is 0.243 e. The zero-order chi connectivity index (χ0) is 13.9. The van der Waals surface area contributed by atoms with Gasteiger partial charge in [0.15, 0.2) is 0 Å². The van der Waals surface area contributed by atoms with E-state index in [1.807, 2.05) is 0 Å². The maximum atomic E-state index is 13.9. The summed E-state index contributed by atoms with van der Waals surface area (Å²) >= 11 is 0. The topological polar surface area (TPSA) is 67.4 Å². The Kier molecular flexibility index (Phi) is 4.51. The minimum Gasteiger partial charge on any atom is -0.380 e. The first-order valence-electron chi connectivity index (χ1n) is 6.06. The molecular formula is C12H17FN2O3S. The van der Waals surface area contributed by atoms with Gasteiger partial charge in [0.2, 0.25) is 10.0 Å². The van der Waals surface area contributed by atoms with Crippen LogP contribution in [0.2, 0.25) is 0 Å². The molecule has 1 aliphatic rings. The van der Waals surface area contributed by atoms with Crippen LogP contribution in [0.3, 0.4) is 0 Å². The van der Waals surface area contributed by atoms with Crippen LogP contribution >= 0.6 is 0 Å². The number of nitrogens with one attached hydrogen (secondary N) is 2. The predicted octanol–water partition coefficient (Wildman–Crippen LogP) is 0.612. The van der Waals surface area contributed by atoms with Gasteiger partial charge >= 0.3 is 0 Å². The lowest BCUT2D eigenvalue weighted by atomic mass is 10.2. The van der Waals surface area contributed by atoms with E-state index in [4.69, 9.17) is 4.74 Å². The summed E-state index contributed by atoms with van der Waals surface area (Å²) in [5, 5.41) is 2.88. The SMILES string of the molecule is CNCc1ccc(S(=O)(=O)NC2CCOC2)c(F)c1. The molecule has 1 heterocycles. The second-order valence-electron chi connectivity index (χ2n) is 4.48. The largest absolute Gasteiger partial charge is 0.380 e. The van der Waals surface area contributed by atoms with Crippen LogP contribution in [0.4, 0.5) is 4.39 Å². The van der Waals surface area contributed by atoms with E-state index in [9.17, 15) is 12.8 Å². The first-order chi connectivity index (χ1) is 9.03. The van der Waals surface area contributed by atoms with Crippen LogP contribution in [0, 0.1) is 5.82 Å². The average molecular weight is 288 g/mol. The molecule has 0 bridgehead atoms. The summed E-state index contributed by atoms with van der Waals surface area (Å²) in [5.41, 5.74) is 0.697. The number of ether oxygens (including phenoxy) is 1. The molecule has 5 nitrogen and oxygen atoms in total. The van der Waals surface area contributed by atoms with Gasteiger partial charge in [-0.3, -0.25) is 0 Å². The summed E-state index contributed by atoms with van der Waals surface area (Å²) < 4.78 is 45.5. The molecule has 106 valence electrons. The summed E-state index contributed by atoms with van der Waals surface area (Å²) in [6.45, 7) is 1.34. The standard InChI is InChI=1S/C12H17FN2O3S/c1-14-7-9-2-3-12(11(13)6-9)19(16,17)15-10-4-5-18-8-10/h2-3,6,10,14-15H,4-5,7-8H2,1H3. The van der Waals surface area contributed by atoms with E-state index < -0.39 is 15.8 Å². The molecule has 0 radical (unpaired) electrons. The molecule has 1 saturated heterocycles. The zero-order valence-corrected chi connectivity index (χ0v) is 11.5. The maximum absolute atomic E-state index is 13.9. The number of hydrogen-bond donors (Lipinski definition) is 2. The lowest BCUT2D eigenvalue weighted by Gasteiger charge is -2.12. The molecule has 1 atom stereocenters. The molecule has 1 aromatic rings. The van der Waals surface area contributed by atoms with Gasteiger partial charge in [-0.1, -0.05) is 6.07 Å². The van der Waals surface area contributed by atoms with E-state index in [1.54, 1.807) is 13.1 Å². The predicted molar refractivity (Wildman–Crippen MR) is 68.7 cm³/mol. The van der Waals surface area contributed by atoms with Crippen molar-refractivity contribution in [2.75, 3.05) is 20.3 Å². The van der Waals surface area contributed by atoms with Crippen LogP contribution in [-0.2, 0) is 21.3 Å². The number of sulfonamides is 1. The third kappa shape index (κ3) is 3.50. The molecule has 2 rings (SSSR count). The monoisotopic (exact) mass is 288 g/mol. The molecule has 1 unspecified atom stereocenters. The highest BCUT2D eigenvalue weighted by Gasteiger charge is 2.25. The van der Waals surface area contributed by atoms with Crippen LogP contribution < -0.4 is 10.0 Å². The molecule has 0 aromatic heterocycles. The minimum absolute atomic E-state index is 0.276. The molecule has 1 aliphatic heterocycles. The van der Waals surface area contributed by atoms with Crippen LogP contribution in [-0.4, -0.2) is 34.7 Å². The second kappa shape index (κ2) is 5.96. The first kappa shape index (κ1) is 14.4. The highest BCUT2D eigenvalue weighted by Crippen LogP contribution is 2.17. The fraction of sp³-hybridized carbons (Fsp3) is 0.500. The molecule has 0 saturated carbocycles. The van der Waals surface area contributed by atoms with E-state index in [0.717, 1.165) is 0 Å². The van der Waals surface area contributed by atoms with Crippen molar-refractivity contribution < 1.29 is 17.5 Å². The fourth-order valence-electron chi connectivity index (χ4n) is 1.99. The van der Waals surface area contributed by atoms with Crippen molar-refractivity contribution in [3.63, 3.8) is 0 Å². The Bertz CT molecular complexity index is 542. The van der Waals surface area contributed by atoms with E-state index >= 15 is 0 Å². The van der Waals surface area contributed by atoms with Crippen LogP contribution in [0.15, 0.2) is 23.1 Å². The van der Waals surface area contributed by atoms with Gasteiger partial charge in [-0.25, -0.2) is 17.5 Å². The van der Waals surface area contributed by atoms with Gasteiger partial charge in [0, 0.05) is 19.2 Å². The molecule has 1 fully saturated rings. The van der Waals surface area contributed by atoms with E-state index in [-0.39, 0.29) is 10.9 Å². The third-order valence-electron chi connectivity index (χ3n) is 2.92. The van der Waals surface area contributed by atoms with Crippen molar-refractivity contribution in [2.24, 2.45) is 0 Å². The molecule has 7 heteroatoms.